The second-order valence-corrected chi connectivity index (χ2v) is 5.31. The molecule has 0 aromatic heterocycles. The van der Waals surface area contributed by atoms with Gasteiger partial charge in [-0.15, -0.1) is 0 Å². The quantitative estimate of drug-likeness (QED) is 0.585. The molecule has 0 N–H and O–H groups in total. The van der Waals surface area contributed by atoms with Gasteiger partial charge in [0.05, 0.1) is 0 Å². The van der Waals surface area contributed by atoms with Crippen molar-refractivity contribution in [3.8, 4) is 0 Å². The maximum absolute atomic E-state index is 4.89. The molecule has 0 radical (unpaired) electrons. The summed E-state index contributed by atoms with van der Waals surface area (Å²) < 4.78 is 0. The molecule has 94 valence electrons. The van der Waals surface area contributed by atoms with E-state index < -0.39 is 17.0 Å². The minimum absolute atomic E-state index is 0.556. The fourth-order valence-electron chi connectivity index (χ4n) is 0.843. The Morgan fingerprint density at radius 3 is 1.12 bits per heavy atom. The van der Waals surface area contributed by atoms with Crippen LogP contribution in [0.25, 0.3) is 0 Å². The molecule has 0 saturated heterocycles. The van der Waals surface area contributed by atoms with Gasteiger partial charge in [-0.2, -0.15) is 0 Å². The summed E-state index contributed by atoms with van der Waals surface area (Å²) >= 11 is -0.556. The van der Waals surface area contributed by atoms with Gasteiger partial charge in [-0.1, -0.05) is 13.8 Å². The summed E-state index contributed by atoms with van der Waals surface area (Å²) in [5.41, 5.74) is 2.14. The van der Waals surface area contributed by atoms with Crippen LogP contribution >= 0.6 is 18.6 Å². The molecule has 0 bridgehead atoms. The van der Waals surface area contributed by atoms with Gasteiger partial charge in [0.25, 0.3) is 0 Å². The van der Waals surface area contributed by atoms with E-state index in [0.717, 1.165) is 24.0 Å². The van der Waals surface area contributed by atoms with E-state index in [1.807, 2.05) is 0 Å². The first-order valence-corrected chi connectivity index (χ1v) is 9.30. The molecule has 0 aliphatic carbocycles. The Kier molecular flexibility index (Phi) is 12.4. The van der Waals surface area contributed by atoms with E-state index in [0.29, 0.717) is 0 Å². The Hall–Kier alpha value is -0.00571. The van der Waals surface area contributed by atoms with E-state index in [4.69, 9.17) is 18.6 Å². The fourth-order valence-corrected chi connectivity index (χ4v) is 0.843. The standard InChI is InChI=1S/2C7H5.2ClH.Ti/c2*1-2-7-5-3-4-6-7;;;/h2*2H2,1H3;2*1H;/q2*-5;;;+2/p-2. The van der Waals surface area contributed by atoms with Crippen molar-refractivity contribution < 1.29 is 17.0 Å². The van der Waals surface area contributed by atoms with Crippen LogP contribution in [0.15, 0.2) is 0 Å². The zero-order valence-electron chi connectivity index (χ0n) is 9.67. The summed E-state index contributed by atoms with van der Waals surface area (Å²) in [4.78, 5) is 0. The van der Waals surface area contributed by atoms with Gasteiger partial charge in [-0.3, -0.25) is 0 Å². The Morgan fingerprint density at radius 2 is 1.00 bits per heavy atom. The Morgan fingerprint density at radius 1 is 0.765 bits per heavy atom. The Balaban J connectivity index is 0.000000247. The van der Waals surface area contributed by atoms with Gasteiger partial charge in [-0.05, 0) is 0 Å². The third kappa shape index (κ3) is 9.67. The number of halogens is 2. The zero-order chi connectivity index (χ0) is 12.9. The number of rotatable bonds is 2. The molecule has 0 amide bonds. The van der Waals surface area contributed by atoms with E-state index >= 15 is 0 Å². The average Bonchev–Trinajstić information content (AvgIpc) is 3.04. The minimum atomic E-state index is -0.556. The molecule has 2 rings (SSSR count). The summed E-state index contributed by atoms with van der Waals surface area (Å²) in [7, 11) is 9.78. The van der Waals surface area contributed by atoms with E-state index in [1.54, 1.807) is 0 Å². The van der Waals surface area contributed by atoms with Crippen molar-refractivity contribution in [2.45, 2.75) is 26.7 Å². The topological polar surface area (TPSA) is 0 Å². The zero-order valence-corrected chi connectivity index (χ0v) is 12.7. The molecule has 2 aromatic rings. The van der Waals surface area contributed by atoms with Crippen LogP contribution in [0.1, 0.15) is 25.0 Å². The molecular formula is C14H10Cl2Ti-10. The first kappa shape index (κ1) is 17.0. The van der Waals surface area contributed by atoms with E-state index in [1.165, 1.54) is 0 Å². The van der Waals surface area contributed by atoms with Crippen molar-refractivity contribution >= 4 is 18.6 Å². The van der Waals surface area contributed by atoms with E-state index in [2.05, 4.69) is 62.4 Å². The van der Waals surface area contributed by atoms with Crippen LogP contribution < -0.4 is 0 Å². The van der Waals surface area contributed by atoms with Crippen molar-refractivity contribution in [2.24, 2.45) is 0 Å². The summed E-state index contributed by atoms with van der Waals surface area (Å²) in [5.74, 6) is 0. The van der Waals surface area contributed by atoms with Gasteiger partial charge >= 0.3 is 35.6 Å². The first-order chi connectivity index (χ1) is 8.28. The van der Waals surface area contributed by atoms with Gasteiger partial charge in [0.15, 0.2) is 0 Å². The number of hydrogen-bond acceptors (Lipinski definition) is 0. The van der Waals surface area contributed by atoms with Crippen LogP contribution in [0, 0.1) is 48.5 Å². The molecule has 0 spiro atoms. The van der Waals surface area contributed by atoms with E-state index in [-0.39, 0.29) is 0 Å². The second-order valence-electron chi connectivity index (χ2n) is 2.74. The van der Waals surface area contributed by atoms with Gasteiger partial charge in [-0.25, -0.2) is 12.8 Å². The fraction of sp³-hybridized carbons (Fsp3) is 0.286. The van der Waals surface area contributed by atoms with Crippen molar-refractivity contribution in [1.82, 2.24) is 0 Å². The molecule has 3 heteroatoms. The molecule has 0 saturated carbocycles. The molecule has 0 heterocycles. The normalized spacial score (nSPS) is 8.47. The van der Waals surface area contributed by atoms with Gasteiger partial charge in [0, 0.05) is 0 Å². The van der Waals surface area contributed by atoms with E-state index in [9.17, 15) is 0 Å². The summed E-state index contributed by atoms with van der Waals surface area (Å²) in [6.45, 7) is 4.12. The molecular weight excluding hydrogens is 287 g/mol. The van der Waals surface area contributed by atoms with Crippen LogP contribution in [-0.2, 0) is 29.9 Å². The molecule has 0 unspecified atom stereocenters. The molecule has 0 nitrogen and oxygen atoms in total. The molecule has 0 aliphatic rings. The van der Waals surface area contributed by atoms with Crippen LogP contribution in [0.5, 0.6) is 0 Å². The van der Waals surface area contributed by atoms with Crippen LogP contribution in [0.3, 0.4) is 0 Å². The molecule has 2 aromatic carbocycles. The number of hydrogen-bond donors (Lipinski definition) is 0. The van der Waals surface area contributed by atoms with Crippen molar-refractivity contribution in [2.75, 3.05) is 0 Å². The van der Waals surface area contributed by atoms with Crippen molar-refractivity contribution in [1.29, 1.82) is 0 Å². The predicted octanol–water partition coefficient (Wildman–Crippen LogP) is 3.71. The Labute approximate surface area is 121 Å². The second kappa shape index (κ2) is 12.5. The van der Waals surface area contributed by atoms with Crippen LogP contribution in [0.2, 0.25) is 0 Å². The van der Waals surface area contributed by atoms with Gasteiger partial charge in [0.1, 0.15) is 0 Å². The maximum atomic E-state index is 4.89. The Bertz CT molecular complexity index is 291. The summed E-state index contributed by atoms with van der Waals surface area (Å²) in [6.07, 6.45) is 1.97. The molecule has 0 atom stereocenters. The third-order valence-electron chi connectivity index (χ3n) is 1.69. The average molecular weight is 297 g/mol. The summed E-state index contributed by atoms with van der Waals surface area (Å²) in [6, 6.07) is 22.1. The monoisotopic (exact) mass is 296 g/mol. The van der Waals surface area contributed by atoms with Crippen LogP contribution in [-0.4, -0.2) is 0 Å². The molecule has 17 heavy (non-hydrogen) atoms. The molecule has 0 fully saturated rings. The van der Waals surface area contributed by atoms with Crippen molar-refractivity contribution in [3.63, 3.8) is 0 Å². The SMILES string of the molecule is CC[c-]1[c-][c-][c-][c-]1.CC[c-]1[c-][c-][c-][c-]1.[Cl][Ti][Cl]. The first-order valence-electron chi connectivity index (χ1n) is 5.00. The van der Waals surface area contributed by atoms with Crippen LogP contribution in [0.4, 0.5) is 0 Å². The van der Waals surface area contributed by atoms with Crippen molar-refractivity contribution in [3.05, 3.63) is 59.7 Å². The predicted molar refractivity (Wildman–Crippen MR) is 65.2 cm³/mol. The number of aryl methyl sites for hydroxylation is 2. The third-order valence-corrected chi connectivity index (χ3v) is 1.69. The van der Waals surface area contributed by atoms with Gasteiger partial charge < -0.3 is 59.7 Å². The summed E-state index contributed by atoms with van der Waals surface area (Å²) in [5, 5.41) is 0. The van der Waals surface area contributed by atoms with Gasteiger partial charge in [0.2, 0.25) is 0 Å². The molecule has 0 aliphatic heterocycles.